The van der Waals surface area contributed by atoms with Crippen LogP contribution >= 0.6 is 0 Å². The first kappa shape index (κ1) is 25.8. The number of hydrogen-bond acceptors (Lipinski definition) is 9. The van der Waals surface area contributed by atoms with E-state index in [0.29, 0.717) is 57.2 Å². The first-order chi connectivity index (χ1) is 17.7. The molecule has 12 heteroatoms. The van der Waals surface area contributed by atoms with Crippen LogP contribution in [0.2, 0.25) is 0 Å². The lowest BCUT2D eigenvalue weighted by Gasteiger charge is -2.22. The number of aryl methyl sites for hydroxylation is 1. The van der Waals surface area contributed by atoms with Crippen molar-refractivity contribution < 1.29 is 17.5 Å². The summed E-state index contributed by atoms with van der Waals surface area (Å²) in [4.78, 5) is 17.5. The molecule has 0 aliphatic carbocycles. The molecular formula is C25H26FN7O3S. The Labute approximate surface area is 214 Å². The average molecular weight is 524 g/mol. The van der Waals surface area contributed by atoms with E-state index in [4.69, 9.17) is 4.74 Å². The second-order valence-electron chi connectivity index (χ2n) is 8.07. The van der Waals surface area contributed by atoms with Crippen LogP contribution in [0.1, 0.15) is 18.1 Å². The van der Waals surface area contributed by atoms with Crippen molar-refractivity contribution in [2.24, 2.45) is 0 Å². The van der Waals surface area contributed by atoms with Crippen molar-refractivity contribution in [3.05, 3.63) is 66.4 Å². The molecule has 0 spiro atoms. The highest BCUT2D eigenvalue weighted by atomic mass is 32.2. The predicted molar refractivity (Wildman–Crippen MR) is 144 cm³/mol. The second kappa shape index (κ2) is 10.3. The lowest BCUT2D eigenvalue weighted by atomic mass is 10.1. The maximum atomic E-state index is 14.2. The molecule has 0 radical (unpaired) electrons. The topological polar surface area (TPSA) is 122 Å². The number of nitrogens with one attached hydrogen (secondary N) is 2. The number of benzene rings is 2. The van der Waals surface area contributed by atoms with Gasteiger partial charge in [-0.1, -0.05) is 19.6 Å². The third kappa shape index (κ3) is 5.28. The van der Waals surface area contributed by atoms with Gasteiger partial charge in [0.05, 0.1) is 30.3 Å². The molecule has 0 amide bonds. The van der Waals surface area contributed by atoms with Crippen LogP contribution in [0.4, 0.5) is 33.2 Å². The maximum Gasteiger partial charge on any atom is 0.232 e. The molecule has 4 aromatic rings. The van der Waals surface area contributed by atoms with Gasteiger partial charge in [-0.15, -0.1) is 0 Å². The molecule has 0 unspecified atom stereocenters. The van der Waals surface area contributed by atoms with Crippen LogP contribution in [0.15, 0.2) is 49.4 Å². The van der Waals surface area contributed by atoms with E-state index in [-0.39, 0.29) is 11.8 Å². The summed E-state index contributed by atoms with van der Waals surface area (Å²) in [6.07, 6.45) is 7.76. The molecule has 0 bridgehead atoms. The van der Waals surface area contributed by atoms with E-state index in [2.05, 4.69) is 37.1 Å². The molecule has 2 heterocycles. The van der Waals surface area contributed by atoms with Gasteiger partial charge in [-0.05, 0) is 30.2 Å². The number of sulfonamides is 1. The number of nitrogens with zero attached hydrogens (tertiary/aromatic N) is 5. The van der Waals surface area contributed by atoms with Gasteiger partial charge in [0.15, 0.2) is 0 Å². The number of halogens is 1. The molecule has 2 N–H and O–H groups in total. The molecule has 0 aliphatic rings. The quantitative estimate of drug-likeness (QED) is 0.323. The molecule has 0 saturated heterocycles. The van der Waals surface area contributed by atoms with Crippen LogP contribution in [-0.2, 0) is 16.4 Å². The number of rotatable bonds is 9. The van der Waals surface area contributed by atoms with Gasteiger partial charge in [0.25, 0.3) is 0 Å². The van der Waals surface area contributed by atoms with Gasteiger partial charge in [0.2, 0.25) is 16.0 Å². The van der Waals surface area contributed by atoms with Crippen LogP contribution in [0, 0.1) is 5.82 Å². The van der Waals surface area contributed by atoms with E-state index >= 15 is 0 Å². The molecule has 4 rings (SSSR count). The summed E-state index contributed by atoms with van der Waals surface area (Å²) in [6.45, 7) is 5.67. The highest BCUT2D eigenvalue weighted by molar-refractivity contribution is 7.92. The fraction of sp³-hybridized carbons (Fsp3) is 0.200. The van der Waals surface area contributed by atoms with Gasteiger partial charge in [0.1, 0.15) is 28.6 Å². The van der Waals surface area contributed by atoms with E-state index < -0.39 is 10.0 Å². The minimum atomic E-state index is -3.63. The van der Waals surface area contributed by atoms with E-state index in [1.807, 2.05) is 6.92 Å². The monoisotopic (exact) mass is 523 g/mol. The summed E-state index contributed by atoms with van der Waals surface area (Å²) in [5.74, 6) is 0.497. The van der Waals surface area contributed by atoms with Gasteiger partial charge in [0, 0.05) is 37.3 Å². The Bertz CT molecular complexity index is 1600. The third-order valence-electron chi connectivity index (χ3n) is 5.71. The van der Waals surface area contributed by atoms with Crippen LogP contribution in [0.3, 0.4) is 0 Å². The highest BCUT2D eigenvalue weighted by Gasteiger charge is 2.21. The number of hydrogen-bond donors (Lipinski definition) is 2. The van der Waals surface area contributed by atoms with Gasteiger partial charge >= 0.3 is 0 Å². The SMILES string of the molecule is C=Cc1cnc(Nc2cc(CC)c(F)cc2OC)nc1Nc1ccc2nccnc2c1N(C)S(C)(=O)=O. The Kier molecular flexibility index (Phi) is 7.21. The standard InChI is InChI=1S/C25H26FN7O3S/c1-6-15-12-20(21(36-4)13-17(15)26)31-25-29-14-16(7-2)24(32-25)30-19-9-8-18-22(28-11-10-27-18)23(19)33(3)37(5,34)35/h7-14H,2,6H2,1,3-5H3,(H2,29,30,31,32). The van der Waals surface area contributed by atoms with E-state index in [0.717, 1.165) is 10.6 Å². The van der Waals surface area contributed by atoms with E-state index in [1.54, 1.807) is 30.5 Å². The number of aromatic nitrogens is 4. The Morgan fingerprint density at radius 3 is 2.57 bits per heavy atom. The molecule has 2 aromatic heterocycles. The van der Waals surface area contributed by atoms with Crippen molar-refractivity contribution in [2.75, 3.05) is 35.4 Å². The summed E-state index contributed by atoms with van der Waals surface area (Å²) in [5, 5.41) is 6.27. The minimum absolute atomic E-state index is 0.207. The summed E-state index contributed by atoms with van der Waals surface area (Å²) < 4.78 is 45.6. The molecule has 10 nitrogen and oxygen atoms in total. The summed E-state index contributed by atoms with van der Waals surface area (Å²) in [5.41, 5.74) is 3.24. The Hall–Kier alpha value is -4.32. The van der Waals surface area contributed by atoms with Crippen molar-refractivity contribution in [3.8, 4) is 5.75 Å². The molecular weight excluding hydrogens is 497 g/mol. The highest BCUT2D eigenvalue weighted by Crippen LogP contribution is 2.36. The molecule has 0 saturated carbocycles. The van der Waals surface area contributed by atoms with Crippen LogP contribution < -0.4 is 19.7 Å². The Morgan fingerprint density at radius 2 is 1.89 bits per heavy atom. The third-order valence-corrected chi connectivity index (χ3v) is 6.89. The summed E-state index contributed by atoms with van der Waals surface area (Å²) in [6, 6.07) is 6.38. The lowest BCUT2D eigenvalue weighted by molar-refractivity contribution is 0.413. The van der Waals surface area contributed by atoms with Gasteiger partial charge in [-0.25, -0.2) is 17.8 Å². The Balaban J connectivity index is 1.80. The smallest absolute Gasteiger partial charge is 0.232 e. The van der Waals surface area contributed by atoms with E-state index in [1.165, 1.54) is 32.6 Å². The van der Waals surface area contributed by atoms with Crippen LogP contribution in [0.5, 0.6) is 5.75 Å². The number of methoxy groups -OCH3 is 1. The second-order valence-corrected chi connectivity index (χ2v) is 10.1. The van der Waals surface area contributed by atoms with Gasteiger partial charge < -0.3 is 15.4 Å². The zero-order valence-corrected chi connectivity index (χ0v) is 21.6. The zero-order chi connectivity index (χ0) is 26.7. The fourth-order valence-corrected chi connectivity index (χ4v) is 4.21. The van der Waals surface area contributed by atoms with E-state index in [9.17, 15) is 12.8 Å². The zero-order valence-electron chi connectivity index (χ0n) is 20.8. The van der Waals surface area contributed by atoms with Gasteiger partial charge in [-0.3, -0.25) is 14.3 Å². The Morgan fingerprint density at radius 1 is 1.14 bits per heavy atom. The molecule has 0 atom stereocenters. The van der Waals surface area contributed by atoms with Gasteiger partial charge in [-0.2, -0.15) is 4.98 Å². The normalized spacial score (nSPS) is 11.3. The van der Waals surface area contributed by atoms with Crippen LogP contribution in [0.25, 0.3) is 17.1 Å². The maximum absolute atomic E-state index is 14.2. The summed E-state index contributed by atoms with van der Waals surface area (Å²) in [7, 11) is -0.740. The minimum Gasteiger partial charge on any atom is -0.494 e. The molecule has 37 heavy (non-hydrogen) atoms. The fourth-order valence-electron chi connectivity index (χ4n) is 3.69. The van der Waals surface area contributed by atoms with Crippen molar-refractivity contribution in [3.63, 3.8) is 0 Å². The number of ether oxygens (including phenoxy) is 1. The first-order valence-electron chi connectivity index (χ1n) is 11.2. The largest absolute Gasteiger partial charge is 0.494 e. The van der Waals surface area contributed by atoms with Crippen molar-refractivity contribution >= 4 is 56.0 Å². The average Bonchev–Trinajstić information content (AvgIpc) is 2.88. The first-order valence-corrected chi connectivity index (χ1v) is 13.1. The molecule has 0 aliphatic heterocycles. The lowest BCUT2D eigenvalue weighted by Crippen LogP contribution is -2.26. The molecule has 2 aromatic carbocycles. The predicted octanol–water partition coefficient (Wildman–Crippen LogP) is 4.66. The number of anilines is 5. The van der Waals surface area contributed by atoms with Crippen molar-refractivity contribution in [1.82, 2.24) is 19.9 Å². The molecule has 192 valence electrons. The molecule has 0 fully saturated rings. The van der Waals surface area contributed by atoms with Crippen LogP contribution in [-0.4, -0.2) is 48.8 Å². The number of fused-ring (bicyclic) bond motifs is 1. The van der Waals surface area contributed by atoms with Crippen molar-refractivity contribution in [2.45, 2.75) is 13.3 Å². The van der Waals surface area contributed by atoms with Crippen molar-refractivity contribution in [1.29, 1.82) is 0 Å². The summed E-state index contributed by atoms with van der Waals surface area (Å²) >= 11 is 0.